The normalized spacial score (nSPS) is 26.4. The van der Waals surface area contributed by atoms with E-state index in [1.54, 1.807) is 13.0 Å². The van der Waals surface area contributed by atoms with E-state index >= 15 is 0 Å². The fourth-order valence-corrected chi connectivity index (χ4v) is 1.89. The predicted octanol–water partition coefficient (Wildman–Crippen LogP) is 0.703. The smallest absolute Gasteiger partial charge is 0.316 e. The molecule has 0 heterocycles. The number of rotatable bonds is 4. The van der Waals surface area contributed by atoms with Gasteiger partial charge in [-0.3, -0.25) is 19.7 Å². The van der Waals surface area contributed by atoms with Crippen molar-refractivity contribution in [3.63, 3.8) is 0 Å². The van der Waals surface area contributed by atoms with Crippen LogP contribution in [-0.4, -0.2) is 35.6 Å². The summed E-state index contributed by atoms with van der Waals surface area (Å²) >= 11 is 0. The third-order valence-electron chi connectivity index (χ3n) is 2.60. The van der Waals surface area contributed by atoms with Crippen molar-refractivity contribution in [1.82, 2.24) is 0 Å². The molecule has 0 aromatic heterocycles. The van der Waals surface area contributed by atoms with Crippen molar-refractivity contribution in [2.45, 2.75) is 32.4 Å². The first-order valence-electron chi connectivity index (χ1n) is 5.61. The maximum atomic E-state index is 11.6. The van der Waals surface area contributed by atoms with Crippen molar-refractivity contribution < 1.29 is 24.0 Å². The number of carbonyl (C=O) groups is 2. The third kappa shape index (κ3) is 3.28. The minimum atomic E-state index is -1.29. The maximum Gasteiger partial charge on any atom is 0.316 e. The summed E-state index contributed by atoms with van der Waals surface area (Å²) in [6, 6.07) is -1.29. The van der Waals surface area contributed by atoms with Crippen molar-refractivity contribution in [1.29, 1.82) is 0 Å². The first kappa shape index (κ1) is 14.1. The third-order valence-corrected chi connectivity index (χ3v) is 2.60. The van der Waals surface area contributed by atoms with Crippen molar-refractivity contribution in [2.75, 3.05) is 6.61 Å². The summed E-state index contributed by atoms with van der Waals surface area (Å²) in [5, 5.41) is 11.0. The molecular formula is C11H15NO6. The van der Waals surface area contributed by atoms with Crippen LogP contribution < -0.4 is 0 Å². The Morgan fingerprint density at radius 1 is 1.50 bits per heavy atom. The quantitative estimate of drug-likeness (QED) is 0.318. The molecule has 3 atom stereocenters. The fourth-order valence-electron chi connectivity index (χ4n) is 1.89. The molecule has 100 valence electrons. The summed E-state index contributed by atoms with van der Waals surface area (Å²) in [6.45, 7) is 2.95. The van der Waals surface area contributed by atoms with Crippen molar-refractivity contribution in [2.24, 2.45) is 5.92 Å². The molecule has 0 bridgehead atoms. The Morgan fingerprint density at radius 3 is 2.67 bits per heavy atom. The second-order valence-corrected chi connectivity index (χ2v) is 3.87. The average Bonchev–Trinajstić information content (AvgIpc) is 2.27. The lowest BCUT2D eigenvalue weighted by atomic mass is 9.87. The number of allylic oxidation sites excluding steroid dienone is 1. The molecule has 0 unspecified atom stereocenters. The molecule has 0 spiro atoms. The lowest BCUT2D eigenvalue weighted by Crippen LogP contribution is -2.46. The van der Waals surface area contributed by atoms with Gasteiger partial charge in [-0.2, -0.15) is 0 Å². The van der Waals surface area contributed by atoms with E-state index < -0.39 is 34.9 Å². The van der Waals surface area contributed by atoms with Crippen LogP contribution in [0.15, 0.2) is 12.2 Å². The van der Waals surface area contributed by atoms with Gasteiger partial charge in [0.2, 0.25) is 0 Å². The van der Waals surface area contributed by atoms with Gasteiger partial charge in [-0.15, -0.1) is 0 Å². The summed E-state index contributed by atoms with van der Waals surface area (Å²) in [6.07, 6.45) is 2.21. The Kier molecular flexibility index (Phi) is 4.82. The Labute approximate surface area is 104 Å². The number of nitrogens with zero attached hydrogens (tertiary/aromatic N) is 1. The molecule has 1 aliphatic carbocycles. The number of esters is 2. The zero-order chi connectivity index (χ0) is 13.7. The lowest BCUT2D eigenvalue weighted by Gasteiger charge is -2.26. The molecule has 0 saturated carbocycles. The standard InChI is InChI=1S/C11H15NO6/c1-3-17-11(14)8-5-4-6-9(18-7(2)13)10(8)12(15)16/h4,6,8-10H,3,5H2,1-2H3/t8-,9-,10+/m0/s1. The molecular weight excluding hydrogens is 242 g/mol. The summed E-state index contributed by atoms with van der Waals surface area (Å²) in [5.74, 6) is -2.18. The highest BCUT2D eigenvalue weighted by molar-refractivity contribution is 5.74. The summed E-state index contributed by atoms with van der Waals surface area (Å²) in [7, 11) is 0. The molecule has 0 N–H and O–H groups in total. The zero-order valence-electron chi connectivity index (χ0n) is 10.2. The second kappa shape index (κ2) is 6.13. The van der Waals surface area contributed by atoms with E-state index in [9.17, 15) is 19.7 Å². The fraction of sp³-hybridized carbons (Fsp3) is 0.636. The van der Waals surface area contributed by atoms with Crippen molar-refractivity contribution >= 4 is 11.9 Å². The monoisotopic (exact) mass is 257 g/mol. The van der Waals surface area contributed by atoms with Crippen LogP contribution in [0, 0.1) is 16.0 Å². The van der Waals surface area contributed by atoms with Crippen LogP contribution in [0.25, 0.3) is 0 Å². The van der Waals surface area contributed by atoms with Crippen LogP contribution in [0.1, 0.15) is 20.3 Å². The number of nitro groups is 1. The maximum absolute atomic E-state index is 11.6. The van der Waals surface area contributed by atoms with Gasteiger partial charge in [0.05, 0.1) is 6.61 Å². The second-order valence-electron chi connectivity index (χ2n) is 3.87. The van der Waals surface area contributed by atoms with Gasteiger partial charge in [-0.1, -0.05) is 6.08 Å². The minimum absolute atomic E-state index is 0.154. The number of ether oxygens (including phenoxy) is 2. The molecule has 0 aromatic rings. The van der Waals surface area contributed by atoms with Gasteiger partial charge in [0.1, 0.15) is 5.92 Å². The summed E-state index contributed by atoms with van der Waals surface area (Å²) in [4.78, 5) is 33.0. The van der Waals surface area contributed by atoms with E-state index in [4.69, 9.17) is 9.47 Å². The topological polar surface area (TPSA) is 95.7 Å². The van der Waals surface area contributed by atoms with E-state index in [-0.39, 0.29) is 13.0 Å². The van der Waals surface area contributed by atoms with Gasteiger partial charge in [0.25, 0.3) is 6.04 Å². The van der Waals surface area contributed by atoms with Crippen molar-refractivity contribution in [3.8, 4) is 0 Å². The molecule has 1 rings (SSSR count). The first-order valence-corrected chi connectivity index (χ1v) is 5.61. The molecule has 7 nitrogen and oxygen atoms in total. The number of hydrogen-bond donors (Lipinski definition) is 0. The van der Waals surface area contributed by atoms with Crippen LogP contribution in [0.5, 0.6) is 0 Å². The Hall–Kier alpha value is -1.92. The van der Waals surface area contributed by atoms with E-state index in [1.165, 1.54) is 13.0 Å². The van der Waals surface area contributed by atoms with Gasteiger partial charge >= 0.3 is 11.9 Å². The molecule has 0 saturated heterocycles. The summed E-state index contributed by atoms with van der Waals surface area (Å²) < 4.78 is 9.65. The lowest BCUT2D eigenvalue weighted by molar-refractivity contribution is -0.539. The summed E-state index contributed by atoms with van der Waals surface area (Å²) in [5.41, 5.74) is 0. The molecule has 0 radical (unpaired) electrons. The first-order chi connectivity index (χ1) is 8.47. The number of hydrogen-bond acceptors (Lipinski definition) is 6. The minimum Gasteiger partial charge on any atom is -0.466 e. The highest BCUT2D eigenvalue weighted by Gasteiger charge is 2.46. The van der Waals surface area contributed by atoms with E-state index in [0.717, 1.165) is 0 Å². The Morgan fingerprint density at radius 2 is 2.17 bits per heavy atom. The van der Waals surface area contributed by atoms with Gasteiger partial charge in [0.15, 0.2) is 6.10 Å². The van der Waals surface area contributed by atoms with Crippen LogP contribution in [0.3, 0.4) is 0 Å². The zero-order valence-corrected chi connectivity index (χ0v) is 10.2. The highest BCUT2D eigenvalue weighted by Crippen LogP contribution is 2.25. The number of carbonyl (C=O) groups excluding carboxylic acids is 2. The van der Waals surface area contributed by atoms with Gasteiger partial charge < -0.3 is 9.47 Å². The Balaban J connectivity index is 2.91. The molecule has 1 aliphatic rings. The highest BCUT2D eigenvalue weighted by atomic mass is 16.6. The van der Waals surface area contributed by atoms with Gasteiger partial charge in [-0.25, -0.2) is 0 Å². The van der Waals surface area contributed by atoms with E-state index in [1.807, 2.05) is 0 Å². The largest absolute Gasteiger partial charge is 0.466 e. The molecule has 0 fully saturated rings. The van der Waals surface area contributed by atoms with Crippen LogP contribution in [0.2, 0.25) is 0 Å². The van der Waals surface area contributed by atoms with Gasteiger partial charge in [-0.05, 0) is 19.4 Å². The average molecular weight is 257 g/mol. The SMILES string of the molecule is CCOC(=O)[C@H]1CC=C[C@H](OC(C)=O)[C@@H]1[N+](=O)[O-]. The molecule has 18 heavy (non-hydrogen) atoms. The van der Waals surface area contributed by atoms with E-state index in [0.29, 0.717) is 0 Å². The molecule has 0 aliphatic heterocycles. The molecule has 0 aromatic carbocycles. The van der Waals surface area contributed by atoms with Crippen LogP contribution in [0.4, 0.5) is 0 Å². The Bertz CT molecular complexity index is 378. The predicted molar refractivity (Wildman–Crippen MR) is 60.2 cm³/mol. The van der Waals surface area contributed by atoms with Crippen LogP contribution in [-0.2, 0) is 19.1 Å². The van der Waals surface area contributed by atoms with Gasteiger partial charge in [0, 0.05) is 11.8 Å². The molecule has 7 heteroatoms. The molecule has 0 amide bonds. The van der Waals surface area contributed by atoms with E-state index in [2.05, 4.69) is 0 Å². The van der Waals surface area contributed by atoms with Crippen molar-refractivity contribution in [3.05, 3.63) is 22.3 Å². The van der Waals surface area contributed by atoms with Crippen LogP contribution >= 0.6 is 0 Å².